The molecule has 1 aromatic carbocycles. The number of benzene rings is 1. The number of aromatic nitrogens is 3. The van der Waals surface area contributed by atoms with Crippen LogP contribution >= 0.6 is 0 Å². The summed E-state index contributed by atoms with van der Waals surface area (Å²) in [5.74, 6) is -0.671. The second kappa shape index (κ2) is 4.67. The van der Waals surface area contributed by atoms with Crippen molar-refractivity contribution in [3.05, 3.63) is 58.9 Å². The largest absolute Gasteiger partial charge is 0.242 e. The second-order valence-corrected chi connectivity index (χ2v) is 4.80. The average molecular weight is 273 g/mol. The van der Waals surface area contributed by atoms with E-state index < -0.39 is 5.82 Å². The van der Waals surface area contributed by atoms with Crippen molar-refractivity contribution in [3.63, 3.8) is 0 Å². The topological polar surface area (TPSA) is 30.7 Å². The van der Waals surface area contributed by atoms with Crippen molar-refractivity contribution >= 4 is 11.0 Å². The number of halogens is 2. The quantitative estimate of drug-likeness (QED) is 0.716. The number of hydrogen-bond acceptors (Lipinski definition) is 2. The summed E-state index contributed by atoms with van der Waals surface area (Å²) in [6.07, 6.45) is 1.15. The molecule has 20 heavy (non-hydrogen) atoms. The molecule has 0 unspecified atom stereocenters. The number of aryl methyl sites for hydroxylation is 2. The van der Waals surface area contributed by atoms with Crippen LogP contribution < -0.4 is 0 Å². The molecule has 2 aromatic heterocycles. The number of rotatable bonds is 2. The summed E-state index contributed by atoms with van der Waals surface area (Å²) in [7, 11) is 0. The highest BCUT2D eigenvalue weighted by Crippen LogP contribution is 2.20. The highest BCUT2D eigenvalue weighted by atomic mass is 19.1. The van der Waals surface area contributed by atoms with Crippen molar-refractivity contribution < 1.29 is 8.78 Å². The molecule has 0 atom stereocenters. The molecule has 0 saturated carbocycles. The van der Waals surface area contributed by atoms with Crippen LogP contribution in [0, 0.1) is 25.5 Å². The Kier molecular flexibility index (Phi) is 2.97. The third-order valence-electron chi connectivity index (χ3n) is 3.40. The van der Waals surface area contributed by atoms with Crippen molar-refractivity contribution in [2.45, 2.75) is 20.4 Å². The predicted molar refractivity (Wildman–Crippen MR) is 72.5 cm³/mol. The van der Waals surface area contributed by atoms with Gasteiger partial charge in [0.25, 0.3) is 0 Å². The maximum atomic E-state index is 13.9. The van der Waals surface area contributed by atoms with E-state index in [-0.39, 0.29) is 12.4 Å². The van der Waals surface area contributed by atoms with Gasteiger partial charge in [0.1, 0.15) is 11.6 Å². The molecule has 3 nitrogen and oxygen atoms in total. The number of fused-ring (bicyclic) bond motifs is 1. The van der Waals surface area contributed by atoms with E-state index >= 15 is 0 Å². The van der Waals surface area contributed by atoms with Gasteiger partial charge in [-0.1, -0.05) is 12.1 Å². The van der Waals surface area contributed by atoms with Gasteiger partial charge in [0, 0.05) is 10.9 Å². The van der Waals surface area contributed by atoms with Crippen LogP contribution in [0.5, 0.6) is 0 Å². The van der Waals surface area contributed by atoms with E-state index in [9.17, 15) is 8.78 Å². The molecule has 0 spiro atoms. The Bertz CT molecular complexity index is 773. The lowest BCUT2D eigenvalue weighted by atomic mass is 10.1. The number of hydrogen-bond donors (Lipinski definition) is 0. The Morgan fingerprint density at radius 1 is 1.20 bits per heavy atom. The van der Waals surface area contributed by atoms with Gasteiger partial charge in [0.15, 0.2) is 5.65 Å². The SMILES string of the molecule is Cc1cccc(F)c1Cn1nc(C)c2cc(F)cnc21. The van der Waals surface area contributed by atoms with Crippen LogP contribution in [0.4, 0.5) is 8.78 Å². The van der Waals surface area contributed by atoms with Crippen LogP contribution in [0.25, 0.3) is 11.0 Å². The first-order valence-electron chi connectivity index (χ1n) is 6.29. The summed E-state index contributed by atoms with van der Waals surface area (Å²) in [6.45, 7) is 3.92. The smallest absolute Gasteiger partial charge is 0.158 e. The molecule has 0 amide bonds. The zero-order chi connectivity index (χ0) is 14.3. The molecule has 0 saturated heterocycles. The second-order valence-electron chi connectivity index (χ2n) is 4.80. The van der Waals surface area contributed by atoms with Gasteiger partial charge < -0.3 is 0 Å². The lowest BCUT2D eigenvalue weighted by Crippen LogP contribution is -2.06. The van der Waals surface area contributed by atoms with Crippen LogP contribution in [-0.4, -0.2) is 14.8 Å². The van der Waals surface area contributed by atoms with Crippen LogP contribution in [0.15, 0.2) is 30.5 Å². The molecule has 5 heteroatoms. The zero-order valence-electron chi connectivity index (χ0n) is 11.2. The van der Waals surface area contributed by atoms with Crippen LogP contribution in [0.3, 0.4) is 0 Å². The standard InChI is InChI=1S/C15H13F2N3/c1-9-4-3-5-14(17)13(9)8-20-15-12(10(2)19-20)6-11(16)7-18-15/h3-7H,8H2,1-2H3. The number of pyridine rings is 1. The van der Waals surface area contributed by atoms with Crippen molar-refractivity contribution in [1.29, 1.82) is 0 Å². The molecule has 0 bridgehead atoms. The van der Waals surface area contributed by atoms with E-state index in [0.717, 1.165) is 11.8 Å². The molecule has 3 rings (SSSR count). The van der Waals surface area contributed by atoms with Gasteiger partial charge in [-0.3, -0.25) is 0 Å². The van der Waals surface area contributed by atoms with Crippen molar-refractivity contribution in [2.75, 3.05) is 0 Å². The molecule has 0 N–H and O–H groups in total. The third kappa shape index (κ3) is 2.05. The maximum absolute atomic E-state index is 13.9. The maximum Gasteiger partial charge on any atom is 0.158 e. The van der Waals surface area contributed by atoms with Gasteiger partial charge >= 0.3 is 0 Å². The normalized spacial score (nSPS) is 11.2. The van der Waals surface area contributed by atoms with Crippen molar-refractivity contribution in [3.8, 4) is 0 Å². The minimum absolute atomic E-state index is 0.270. The summed E-state index contributed by atoms with van der Waals surface area (Å²) in [4.78, 5) is 4.06. The van der Waals surface area contributed by atoms with E-state index in [2.05, 4.69) is 10.1 Å². The van der Waals surface area contributed by atoms with E-state index in [0.29, 0.717) is 22.3 Å². The first kappa shape index (κ1) is 12.7. The Hall–Kier alpha value is -2.30. The predicted octanol–water partition coefficient (Wildman–Crippen LogP) is 3.37. The average Bonchev–Trinajstić information content (AvgIpc) is 2.70. The Morgan fingerprint density at radius 2 is 2.00 bits per heavy atom. The van der Waals surface area contributed by atoms with Gasteiger partial charge in [-0.25, -0.2) is 18.4 Å². The summed E-state index contributed by atoms with van der Waals surface area (Å²) < 4.78 is 28.7. The Balaban J connectivity index is 2.12. The van der Waals surface area contributed by atoms with Crippen LogP contribution in [-0.2, 0) is 6.54 Å². The van der Waals surface area contributed by atoms with E-state index in [1.165, 1.54) is 12.1 Å². The molecule has 3 aromatic rings. The molecular weight excluding hydrogens is 260 g/mol. The lowest BCUT2D eigenvalue weighted by Gasteiger charge is -2.08. The Labute approximate surface area is 114 Å². The number of nitrogens with zero attached hydrogens (tertiary/aromatic N) is 3. The summed E-state index contributed by atoms with van der Waals surface area (Å²) >= 11 is 0. The summed E-state index contributed by atoms with van der Waals surface area (Å²) in [5, 5.41) is 4.98. The minimum Gasteiger partial charge on any atom is -0.242 e. The van der Waals surface area contributed by atoms with Gasteiger partial charge in [-0.15, -0.1) is 0 Å². The van der Waals surface area contributed by atoms with Gasteiger partial charge in [0.05, 0.1) is 18.4 Å². The highest BCUT2D eigenvalue weighted by Gasteiger charge is 2.13. The fourth-order valence-electron chi connectivity index (χ4n) is 2.31. The minimum atomic E-state index is -0.401. The van der Waals surface area contributed by atoms with Gasteiger partial charge in [0.2, 0.25) is 0 Å². The molecule has 2 heterocycles. The van der Waals surface area contributed by atoms with Gasteiger partial charge in [-0.05, 0) is 31.5 Å². The van der Waals surface area contributed by atoms with Crippen LogP contribution in [0.2, 0.25) is 0 Å². The van der Waals surface area contributed by atoms with Gasteiger partial charge in [-0.2, -0.15) is 5.10 Å². The lowest BCUT2D eigenvalue weighted by molar-refractivity contribution is 0.584. The molecule has 0 fully saturated rings. The fraction of sp³-hybridized carbons (Fsp3) is 0.200. The van der Waals surface area contributed by atoms with E-state index in [1.807, 2.05) is 13.0 Å². The first-order chi connectivity index (χ1) is 9.56. The van der Waals surface area contributed by atoms with E-state index in [4.69, 9.17) is 0 Å². The zero-order valence-corrected chi connectivity index (χ0v) is 11.2. The van der Waals surface area contributed by atoms with Crippen molar-refractivity contribution in [1.82, 2.24) is 14.8 Å². The summed E-state index contributed by atoms with van der Waals surface area (Å²) in [5.41, 5.74) is 2.67. The molecule has 102 valence electrons. The Morgan fingerprint density at radius 3 is 2.75 bits per heavy atom. The molecular formula is C15H13F2N3. The monoisotopic (exact) mass is 273 g/mol. The van der Waals surface area contributed by atoms with E-state index in [1.54, 1.807) is 17.7 Å². The molecule has 0 radical (unpaired) electrons. The highest BCUT2D eigenvalue weighted by molar-refractivity contribution is 5.78. The molecule has 0 aliphatic carbocycles. The van der Waals surface area contributed by atoms with Crippen molar-refractivity contribution in [2.24, 2.45) is 0 Å². The molecule has 0 aliphatic rings. The third-order valence-corrected chi connectivity index (χ3v) is 3.40. The first-order valence-corrected chi connectivity index (χ1v) is 6.29. The van der Waals surface area contributed by atoms with Crippen LogP contribution in [0.1, 0.15) is 16.8 Å². The fourth-order valence-corrected chi connectivity index (χ4v) is 2.31. The summed E-state index contributed by atoms with van der Waals surface area (Å²) in [6, 6.07) is 6.35. The molecule has 0 aliphatic heterocycles.